The number of benzene rings is 3. The first-order valence-corrected chi connectivity index (χ1v) is 11.0. The molecule has 0 spiro atoms. The number of rotatable bonds is 9. The molecule has 1 fully saturated rings. The number of carbonyl (C=O) groups excluding carboxylic acids is 2. The van der Waals surface area contributed by atoms with E-state index in [1.807, 2.05) is 30.3 Å². The summed E-state index contributed by atoms with van der Waals surface area (Å²) >= 11 is 0. The molecule has 1 heterocycles. The third-order valence-corrected chi connectivity index (χ3v) is 5.55. The van der Waals surface area contributed by atoms with E-state index in [0.29, 0.717) is 17.7 Å². The first-order valence-electron chi connectivity index (χ1n) is 11.0. The lowest BCUT2D eigenvalue weighted by atomic mass is 10.00. The molecule has 3 aromatic rings. The molecule has 3 aromatic carbocycles. The van der Waals surface area contributed by atoms with Crippen LogP contribution in [0.3, 0.4) is 0 Å². The summed E-state index contributed by atoms with van der Waals surface area (Å²) in [5, 5.41) is 10.9. The largest absolute Gasteiger partial charge is 0.459 e. The zero-order valence-electron chi connectivity index (χ0n) is 18.5. The van der Waals surface area contributed by atoms with Crippen molar-refractivity contribution in [3.05, 3.63) is 108 Å². The minimum Gasteiger partial charge on any atom is -0.459 e. The van der Waals surface area contributed by atoms with Crippen molar-refractivity contribution in [2.24, 2.45) is 5.92 Å². The van der Waals surface area contributed by atoms with Gasteiger partial charge in [0, 0.05) is 5.92 Å². The van der Waals surface area contributed by atoms with Gasteiger partial charge in [0.15, 0.2) is 0 Å². The zero-order valence-corrected chi connectivity index (χ0v) is 18.5. The molecule has 7 heteroatoms. The summed E-state index contributed by atoms with van der Waals surface area (Å²) in [5.74, 6) is -1.69. The molecule has 0 saturated carbocycles. The Morgan fingerprint density at radius 1 is 0.765 bits per heavy atom. The Morgan fingerprint density at radius 2 is 1.32 bits per heavy atom. The Morgan fingerprint density at radius 3 is 1.94 bits per heavy atom. The maximum absolute atomic E-state index is 12.5. The van der Waals surface area contributed by atoms with Crippen molar-refractivity contribution in [1.29, 1.82) is 0 Å². The monoisotopic (exact) mass is 462 g/mol. The van der Waals surface area contributed by atoms with Crippen LogP contribution in [0.5, 0.6) is 0 Å². The van der Waals surface area contributed by atoms with E-state index in [4.69, 9.17) is 18.9 Å². The Kier molecular flexibility index (Phi) is 8.04. The van der Waals surface area contributed by atoms with Gasteiger partial charge in [0.1, 0.15) is 18.8 Å². The first kappa shape index (κ1) is 23.6. The van der Waals surface area contributed by atoms with Crippen LogP contribution in [0, 0.1) is 5.92 Å². The van der Waals surface area contributed by atoms with Crippen molar-refractivity contribution in [2.75, 3.05) is 13.2 Å². The SMILES string of the molecule is O=C(OCC1OC(OC(=O)c2ccccc2)C(O)C1COCc1ccccc1)c1ccccc1. The van der Waals surface area contributed by atoms with Crippen LogP contribution in [-0.2, 0) is 25.6 Å². The molecule has 0 bridgehead atoms. The average Bonchev–Trinajstić information content (AvgIpc) is 3.18. The van der Waals surface area contributed by atoms with Crippen LogP contribution in [0.2, 0.25) is 0 Å². The normalized spacial score (nSPS) is 21.7. The lowest BCUT2D eigenvalue weighted by molar-refractivity contribution is -0.139. The average molecular weight is 462 g/mol. The first-order chi connectivity index (χ1) is 16.6. The highest BCUT2D eigenvalue weighted by Gasteiger charge is 2.46. The van der Waals surface area contributed by atoms with Gasteiger partial charge in [0.05, 0.1) is 24.3 Å². The second-order valence-corrected chi connectivity index (χ2v) is 7.93. The molecule has 7 nitrogen and oxygen atoms in total. The fourth-order valence-electron chi connectivity index (χ4n) is 3.69. The van der Waals surface area contributed by atoms with Crippen molar-refractivity contribution in [1.82, 2.24) is 0 Å². The summed E-state index contributed by atoms with van der Waals surface area (Å²) in [6.07, 6.45) is -3.07. The van der Waals surface area contributed by atoms with E-state index in [9.17, 15) is 14.7 Å². The van der Waals surface area contributed by atoms with Crippen LogP contribution in [0.1, 0.15) is 26.3 Å². The van der Waals surface area contributed by atoms with Crippen LogP contribution in [0.15, 0.2) is 91.0 Å². The Balaban J connectivity index is 1.40. The van der Waals surface area contributed by atoms with Gasteiger partial charge >= 0.3 is 11.9 Å². The number of esters is 2. The van der Waals surface area contributed by atoms with Crippen molar-refractivity contribution in [3.63, 3.8) is 0 Å². The quantitative estimate of drug-likeness (QED) is 0.486. The van der Waals surface area contributed by atoms with Crippen molar-refractivity contribution < 1.29 is 33.6 Å². The summed E-state index contributed by atoms with van der Waals surface area (Å²) in [5.41, 5.74) is 1.73. The lowest BCUT2D eigenvalue weighted by Crippen LogP contribution is -2.34. The van der Waals surface area contributed by atoms with Crippen LogP contribution in [0.4, 0.5) is 0 Å². The van der Waals surface area contributed by atoms with E-state index >= 15 is 0 Å². The summed E-state index contributed by atoms with van der Waals surface area (Å²) in [4.78, 5) is 24.9. The summed E-state index contributed by atoms with van der Waals surface area (Å²) in [6, 6.07) is 26.7. The van der Waals surface area contributed by atoms with Crippen molar-refractivity contribution in [3.8, 4) is 0 Å². The summed E-state index contributed by atoms with van der Waals surface area (Å²) in [6.45, 7) is 0.349. The van der Waals surface area contributed by atoms with Crippen molar-refractivity contribution >= 4 is 11.9 Å². The highest BCUT2D eigenvalue weighted by molar-refractivity contribution is 5.89. The van der Waals surface area contributed by atoms with Crippen LogP contribution in [-0.4, -0.2) is 48.8 Å². The second-order valence-electron chi connectivity index (χ2n) is 7.93. The van der Waals surface area contributed by atoms with Gasteiger partial charge in [-0.1, -0.05) is 66.7 Å². The number of aliphatic hydroxyl groups excluding tert-OH is 1. The molecule has 0 aromatic heterocycles. The predicted molar refractivity (Wildman–Crippen MR) is 123 cm³/mol. The number of aliphatic hydroxyl groups is 1. The van der Waals surface area contributed by atoms with Crippen LogP contribution < -0.4 is 0 Å². The molecule has 176 valence electrons. The van der Waals surface area contributed by atoms with Crippen molar-refractivity contribution in [2.45, 2.75) is 25.1 Å². The maximum Gasteiger partial charge on any atom is 0.340 e. The van der Waals surface area contributed by atoms with Gasteiger partial charge in [-0.25, -0.2) is 9.59 Å². The fraction of sp³-hybridized carbons (Fsp3) is 0.259. The molecule has 4 atom stereocenters. The smallest absolute Gasteiger partial charge is 0.340 e. The van der Waals surface area contributed by atoms with Gasteiger partial charge in [-0.05, 0) is 29.8 Å². The Hall–Kier alpha value is -3.52. The van der Waals surface area contributed by atoms with Gasteiger partial charge in [-0.3, -0.25) is 0 Å². The van der Waals surface area contributed by atoms with E-state index in [-0.39, 0.29) is 13.2 Å². The van der Waals surface area contributed by atoms with E-state index < -0.39 is 36.4 Å². The molecule has 0 radical (unpaired) electrons. The van der Waals surface area contributed by atoms with E-state index in [1.54, 1.807) is 60.7 Å². The fourth-order valence-corrected chi connectivity index (χ4v) is 3.69. The highest BCUT2D eigenvalue weighted by atomic mass is 16.7. The molecule has 1 N–H and O–H groups in total. The predicted octanol–water partition coefficient (Wildman–Crippen LogP) is 3.62. The molecule has 1 saturated heterocycles. The van der Waals surface area contributed by atoms with Gasteiger partial charge in [0.25, 0.3) is 0 Å². The third-order valence-electron chi connectivity index (χ3n) is 5.55. The molecule has 1 aliphatic rings. The minimum atomic E-state index is -1.21. The minimum absolute atomic E-state index is 0.121. The number of ether oxygens (including phenoxy) is 4. The Labute approximate surface area is 197 Å². The summed E-state index contributed by atoms with van der Waals surface area (Å²) in [7, 11) is 0. The second kappa shape index (κ2) is 11.6. The van der Waals surface area contributed by atoms with Crippen LogP contribution in [0.25, 0.3) is 0 Å². The molecule has 34 heavy (non-hydrogen) atoms. The molecule has 0 aliphatic carbocycles. The van der Waals surface area contributed by atoms with Gasteiger partial charge in [-0.15, -0.1) is 0 Å². The summed E-state index contributed by atoms with van der Waals surface area (Å²) < 4.78 is 22.5. The maximum atomic E-state index is 12.5. The zero-order chi connectivity index (χ0) is 23.8. The standard InChI is InChI=1S/C27H26O7/c28-24-22(17-31-16-19-10-4-1-5-11-19)23(18-32-25(29)20-12-6-2-7-13-20)33-27(24)34-26(30)21-14-8-3-9-15-21/h1-15,22-24,27-28H,16-18H2. The molecule has 4 unspecified atom stereocenters. The molecule has 1 aliphatic heterocycles. The lowest BCUT2D eigenvalue weighted by Gasteiger charge is -2.20. The van der Waals surface area contributed by atoms with E-state index in [1.165, 1.54) is 0 Å². The van der Waals surface area contributed by atoms with E-state index in [0.717, 1.165) is 5.56 Å². The number of hydrogen-bond acceptors (Lipinski definition) is 7. The molecule has 4 rings (SSSR count). The van der Waals surface area contributed by atoms with Gasteiger partial charge in [-0.2, -0.15) is 0 Å². The molecule has 0 amide bonds. The number of hydrogen-bond donors (Lipinski definition) is 1. The highest BCUT2D eigenvalue weighted by Crippen LogP contribution is 2.30. The molecular weight excluding hydrogens is 436 g/mol. The van der Waals surface area contributed by atoms with E-state index in [2.05, 4.69) is 0 Å². The topological polar surface area (TPSA) is 91.3 Å². The van der Waals surface area contributed by atoms with Crippen LogP contribution >= 0.6 is 0 Å². The third kappa shape index (κ3) is 6.08. The number of carbonyl (C=O) groups is 2. The van der Waals surface area contributed by atoms with Gasteiger partial charge < -0.3 is 24.1 Å². The van der Waals surface area contributed by atoms with Gasteiger partial charge in [0.2, 0.25) is 6.29 Å². The Bertz CT molecular complexity index is 1060. The molecular formula is C27H26O7.